The molecule has 8 nitrogen and oxygen atoms in total. The number of nitrogens with one attached hydrogen (secondary N) is 4. The summed E-state index contributed by atoms with van der Waals surface area (Å²) in [6.07, 6.45) is 20.8. The molecular formula is C30H40IN7O. The van der Waals surface area contributed by atoms with Crippen molar-refractivity contribution in [3.63, 3.8) is 0 Å². The van der Waals surface area contributed by atoms with E-state index in [-0.39, 0.29) is 20.7 Å². The van der Waals surface area contributed by atoms with Crippen molar-refractivity contribution in [2.75, 3.05) is 52.6 Å². The van der Waals surface area contributed by atoms with Gasteiger partial charge in [-0.25, -0.2) is 4.99 Å². The van der Waals surface area contributed by atoms with Crippen LogP contribution in [0.25, 0.3) is 0 Å². The fraction of sp³-hybridized carbons (Fsp3) is 0.500. The van der Waals surface area contributed by atoms with Gasteiger partial charge in [-0.1, -0.05) is 37.3 Å². The molecule has 39 heavy (non-hydrogen) atoms. The Kier molecular flexibility index (Phi) is 8.81. The lowest BCUT2D eigenvalue weighted by Crippen LogP contribution is -2.49. The average molecular weight is 642 g/mol. The SMILES string of the molecule is CC(CN1CCC(NC2=C3NCN=C3NC(NC3C=CC(N4CCOCC4)=CC3)=I2)CC1)C1=CC=CC=C=C1. The molecule has 2 aliphatic carbocycles. The van der Waals surface area contributed by atoms with Crippen molar-refractivity contribution in [2.24, 2.45) is 10.9 Å². The van der Waals surface area contributed by atoms with Crippen LogP contribution in [-0.4, -0.2) is 84.1 Å². The number of hydrogen-bond acceptors (Lipinski definition) is 8. The highest BCUT2D eigenvalue weighted by Crippen LogP contribution is 2.26. The van der Waals surface area contributed by atoms with E-state index in [9.17, 15) is 0 Å². The second-order valence-corrected chi connectivity index (χ2v) is 13.5. The van der Waals surface area contributed by atoms with E-state index in [0.29, 0.717) is 24.7 Å². The van der Waals surface area contributed by atoms with Crippen molar-refractivity contribution in [3.05, 3.63) is 75.0 Å². The lowest BCUT2D eigenvalue weighted by molar-refractivity contribution is 0.0551. The maximum Gasteiger partial charge on any atom is 0.154 e. The van der Waals surface area contributed by atoms with E-state index in [0.717, 1.165) is 58.2 Å². The van der Waals surface area contributed by atoms with Gasteiger partial charge in [0.05, 0.1) is 16.9 Å². The Labute approximate surface area is 242 Å². The lowest BCUT2D eigenvalue weighted by atomic mass is 9.97. The Hall–Kier alpha value is -2.43. The van der Waals surface area contributed by atoms with Gasteiger partial charge in [-0.2, -0.15) is 0 Å². The lowest BCUT2D eigenvalue weighted by Gasteiger charge is -2.35. The zero-order valence-electron chi connectivity index (χ0n) is 22.8. The number of aliphatic imine (C=N–C) groups is 1. The number of ether oxygens (including phenoxy) is 1. The monoisotopic (exact) mass is 641 g/mol. The normalized spacial score (nSPS) is 26.4. The molecule has 6 rings (SSSR count). The summed E-state index contributed by atoms with van der Waals surface area (Å²) in [6, 6.07) is 0.822. The van der Waals surface area contributed by atoms with Crippen molar-refractivity contribution >= 4 is 30.3 Å². The summed E-state index contributed by atoms with van der Waals surface area (Å²) >= 11 is -0.370. The fourth-order valence-corrected chi connectivity index (χ4v) is 8.52. The fourth-order valence-electron chi connectivity index (χ4n) is 5.72. The summed E-state index contributed by atoms with van der Waals surface area (Å²) in [6.45, 7) is 9.97. The molecule has 2 atom stereocenters. The minimum absolute atomic E-state index is 0.310. The smallest absolute Gasteiger partial charge is 0.154 e. The number of piperidine rings is 1. The highest BCUT2D eigenvalue weighted by atomic mass is 127. The van der Waals surface area contributed by atoms with Crippen LogP contribution < -0.4 is 21.3 Å². The van der Waals surface area contributed by atoms with E-state index in [1.54, 1.807) is 0 Å². The molecule has 9 heteroatoms. The van der Waals surface area contributed by atoms with Crippen LogP contribution in [0, 0.1) is 5.92 Å². The van der Waals surface area contributed by atoms with Crippen molar-refractivity contribution < 1.29 is 4.74 Å². The van der Waals surface area contributed by atoms with Crippen LogP contribution in [0.3, 0.4) is 0 Å². The maximum absolute atomic E-state index is 5.51. The van der Waals surface area contributed by atoms with E-state index < -0.39 is 0 Å². The average Bonchev–Trinajstić information content (AvgIpc) is 3.27. The molecule has 0 spiro atoms. The van der Waals surface area contributed by atoms with E-state index in [2.05, 4.69) is 85.2 Å². The quantitative estimate of drug-likeness (QED) is 0.185. The van der Waals surface area contributed by atoms with Crippen LogP contribution in [0.5, 0.6) is 0 Å². The molecule has 0 aromatic rings. The highest BCUT2D eigenvalue weighted by molar-refractivity contribution is 14.2. The topological polar surface area (TPSA) is 76.2 Å². The molecule has 0 aromatic heterocycles. The number of rotatable bonds is 8. The van der Waals surface area contributed by atoms with Crippen LogP contribution in [0.1, 0.15) is 26.2 Å². The highest BCUT2D eigenvalue weighted by Gasteiger charge is 2.28. The van der Waals surface area contributed by atoms with Gasteiger partial charge >= 0.3 is 0 Å². The van der Waals surface area contributed by atoms with Gasteiger partial charge in [0.25, 0.3) is 0 Å². The number of allylic oxidation sites excluding steroid dienone is 5. The molecule has 0 bridgehead atoms. The molecule has 0 radical (unpaired) electrons. The summed E-state index contributed by atoms with van der Waals surface area (Å²) in [7, 11) is 0. The second kappa shape index (κ2) is 12.8. The first-order valence-corrected chi connectivity index (χ1v) is 16.4. The Bertz CT molecular complexity index is 1210. The molecule has 0 aromatic carbocycles. The number of nitrogens with zero attached hydrogens (tertiary/aromatic N) is 3. The Morgan fingerprint density at radius 1 is 1.18 bits per heavy atom. The first-order valence-electron chi connectivity index (χ1n) is 14.3. The number of halogens is 1. The molecule has 4 N–H and O–H groups in total. The van der Waals surface area contributed by atoms with Gasteiger partial charge in [0.2, 0.25) is 0 Å². The summed E-state index contributed by atoms with van der Waals surface area (Å²) in [5, 5.41) is 14.9. The van der Waals surface area contributed by atoms with Crippen molar-refractivity contribution in [1.82, 2.24) is 31.1 Å². The van der Waals surface area contributed by atoms with Crippen LogP contribution in [0.2, 0.25) is 0 Å². The second-order valence-electron chi connectivity index (χ2n) is 10.8. The van der Waals surface area contributed by atoms with E-state index in [4.69, 9.17) is 4.74 Å². The van der Waals surface area contributed by atoms with Gasteiger partial charge in [0, 0.05) is 50.5 Å². The predicted octanol–water partition coefficient (Wildman–Crippen LogP) is 2.81. The third-order valence-corrected chi connectivity index (χ3v) is 10.5. The molecule has 2 saturated heterocycles. The Morgan fingerprint density at radius 3 is 2.87 bits per heavy atom. The van der Waals surface area contributed by atoms with Gasteiger partial charge < -0.3 is 30.5 Å². The van der Waals surface area contributed by atoms with Crippen molar-refractivity contribution in [1.29, 1.82) is 0 Å². The van der Waals surface area contributed by atoms with Crippen LogP contribution >= 0.6 is 20.7 Å². The van der Waals surface area contributed by atoms with Gasteiger partial charge in [0.1, 0.15) is 16.1 Å². The molecular weight excluding hydrogens is 601 g/mol. The molecule has 0 saturated carbocycles. The number of fused-ring (bicyclic) bond motifs is 1. The molecule has 6 aliphatic rings. The molecule has 2 unspecified atom stereocenters. The molecule has 4 aliphatic heterocycles. The zero-order chi connectivity index (χ0) is 26.4. The minimum atomic E-state index is -0.370. The minimum Gasteiger partial charge on any atom is -0.378 e. The number of morpholine rings is 1. The molecule has 4 heterocycles. The molecule has 208 valence electrons. The summed E-state index contributed by atoms with van der Waals surface area (Å²) in [5.41, 5.74) is 7.14. The Balaban J connectivity index is 1.03. The van der Waals surface area contributed by atoms with Crippen molar-refractivity contribution in [2.45, 2.75) is 38.3 Å². The van der Waals surface area contributed by atoms with Gasteiger partial charge in [-0.3, -0.25) is 5.32 Å². The van der Waals surface area contributed by atoms with Crippen LogP contribution in [0.15, 0.2) is 80.0 Å². The van der Waals surface area contributed by atoms with E-state index in [1.807, 2.05) is 12.2 Å². The van der Waals surface area contributed by atoms with Crippen molar-refractivity contribution in [3.8, 4) is 0 Å². The standard InChI is InChI=1S/C30H40IN7O/c1-22(23-6-4-2-3-5-7-23)20-37-14-12-25(13-15-37)34-28-27-29(33-21-32-27)36-30(31-28)35-24-8-10-26(11-9-24)38-16-18-39-19-17-38/h2-4,6-8,10-11,22,24-25,32,34H,9,12-21H2,1H3,(H2,33,35,36). The summed E-state index contributed by atoms with van der Waals surface area (Å²) < 4.78 is 8.11. The first kappa shape index (κ1) is 26.8. The zero-order valence-corrected chi connectivity index (χ0v) is 24.9. The number of hydrogen-bond donors (Lipinski definition) is 4. The van der Waals surface area contributed by atoms with Gasteiger partial charge in [0.15, 0.2) is 5.84 Å². The Morgan fingerprint density at radius 2 is 2.05 bits per heavy atom. The van der Waals surface area contributed by atoms with Gasteiger partial charge in [-0.15, -0.1) is 5.73 Å². The third kappa shape index (κ3) is 6.84. The number of amidine groups is 1. The molecule has 0 amide bonds. The van der Waals surface area contributed by atoms with Crippen LogP contribution in [0.4, 0.5) is 0 Å². The summed E-state index contributed by atoms with van der Waals surface area (Å²) in [4.78, 5) is 9.74. The largest absolute Gasteiger partial charge is 0.378 e. The van der Waals surface area contributed by atoms with E-state index in [1.165, 1.54) is 37.3 Å². The van der Waals surface area contributed by atoms with Gasteiger partial charge in [-0.05, 0) is 69.7 Å². The third-order valence-electron chi connectivity index (χ3n) is 8.00. The number of likely N-dealkylation sites (tertiary alicyclic amines) is 1. The first-order chi connectivity index (χ1) is 19.2. The predicted molar refractivity (Wildman–Crippen MR) is 167 cm³/mol. The van der Waals surface area contributed by atoms with Crippen LogP contribution in [-0.2, 0) is 4.74 Å². The molecule has 2 fully saturated rings. The van der Waals surface area contributed by atoms with E-state index >= 15 is 0 Å². The summed E-state index contributed by atoms with van der Waals surface area (Å²) in [5.74, 6) is 1.49. The maximum atomic E-state index is 5.51.